The monoisotopic (exact) mass is 407 g/mol. The van der Waals surface area contributed by atoms with Gasteiger partial charge in [-0.2, -0.15) is 0 Å². The van der Waals surface area contributed by atoms with E-state index in [-0.39, 0.29) is 5.91 Å². The van der Waals surface area contributed by atoms with Crippen LogP contribution in [0.15, 0.2) is 70.6 Å². The lowest BCUT2D eigenvalue weighted by atomic mass is 10.1. The predicted molar refractivity (Wildman–Crippen MR) is 122 cm³/mol. The van der Waals surface area contributed by atoms with E-state index < -0.39 is 0 Å². The van der Waals surface area contributed by atoms with Crippen molar-refractivity contribution in [1.29, 1.82) is 0 Å². The highest BCUT2D eigenvalue weighted by Gasteiger charge is 2.15. The topological polar surface area (TPSA) is 53.5 Å². The SMILES string of the molecule is Cc1ccc(SCCNC(=O)CSC2=Nc3cccc4cccc(c34)N2)cc1. The summed E-state index contributed by atoms with van der Waals surface area (Å²) in [6, 6.07) is 20.7. The van der Waals surface area contributed by atoms with E-state index in [9.17, 15) is 4.79 Å². The second-order valence-electron chi connectivity index (χ2n) is 6.52. The molecule has 0 bridgehead atoms. The Balaban J connectivity index is 1.25. The first-order valence-electron chi connectivity index (χ1n) is 9.15. The molecule has 1 amide bonds. The van der Waals surface area contributed by atoms with Crippen LogP contribution >= 0.6 is 23.5 Å². The average molecular weight is 408 g/mol. The third-order valence-corrected chi connectivity index (χ3v) is 6.29. The lowest BCUT2D eigenvalue weighted by Crippen LogP contribution is -2.28. The van der Waals surface area contributed by atoms with Crippen molar-refractivity contribution in [3.8, 4) is 0 Å². The zero-order valence-corrected chi connectivity index (χ0v) is 17.2. The molecule has 0 radical (unpaired) electrons. The van der Waals surface area contributed by atoms with Crippen LogP contribution in [0.3, 0.4) is 0 Å². The highest BCUT2D eigenvalue weighted by Crippen LogP contribution is 2.36. The highest BCUT2D eigenvalue weighted by atomic mass is 32.2. The number of rotatable bonds is 6. The van der Waals surface area contributed by atoms with Gasteiger partial charge in [0.15, 0.2) is 5.17 Å². The molecular formula is C22H21N3OS2. The van der Waals surface area contributed by atoms with Crippen molar-refractivity contribution in [2.45, 2.75) is 11.8 Å². The lowest BCUT2D eigenvalue weighted by molar-refractivity contribution is -0.118. The fourth-order valence-electron chi connectivity index (χ4n) is 3.02. The van der Waals surface area contributed by atoms with Gasteiger partial charge < -0.3 is 10.6 Å². The average Bonchev–Trinajstić information content (AvgIpc) is 2.71. The van der Waals surface area contributed by atoms with Crippen molar-refractivity contribution in [3.05, 3.63) is 66.2 Å². The number of carbonyl (C=O) groups is 1. The number of benzene rings is 3. The molecule has 4 rings (SSSR count). The number of hydrogen-bond donors (Lipinski definition) is 2. The van der Waals surface area contributed by atoms with Crippen molar-refractivity contribution in [2.24, 2.45) is 4.99 Å². The van der Waals surface area contributed by atoms with Gasteiger partial charge in [-0.3, -0.25) is 4.79 Å². The summed E-state index contributed by atoms with van der Waals surface area (Å²) in [7, 11) is 0. The maximum atomic E-state index is 12.2. The number of anilines is 1. The maximum absolute atomic E-state index is 12.2. The van der Waals surface area contributed by atoms with E-state index in [2.05, 4.69) is 58.9 Å². The van der Waals surface area contributed by atoms with Crippen LogP contribution in [0, 0.1) is 6.92 Å². The predicted octanol–water partition coefficient (Wildman–Crippen LogP) is 5.20. The van der Waals surface area contributed by atoms with E-state index in [4.69, 9.17) is 0 Å². The number of thioether (sulfide) groups is 2. The van der Waals surface area contributed by atoms with E-state index in [1.54, 1.807) is 11.8 Å². The Morgan fingerprint density at radius 1 is 1.04 bits per heavy atom. The van der Waals surface area contributed by atoms with Crippen molar-refractivity contribution >= 4 is 56.7 Å². The second kappa shape index (κ2) is 8.71. The molecule has 0 fully saturated rings. The van der Waals surface area contributed by atoms with E-state index >= 15 is 0 Å². The molecule has 0 spiro atoms. The Morgan fingerprint density at radius 2 is 1.82 bits per heavy atom. The molecule has 0 atom stereocenters. The molecule has 0 saturated heterocycles. The molecule has 28 heavy (non-hydrogen) atoms. The summed E-state index contributed by atoms with van der Waals surface area (Å²) in [5.41, 5.74) is 3.25. The van der Waals surface area contributed by atoms with Gasteiger partial charge in [0.25, 0.3) is 0 Å². The molecule has 3 aromatic rings. The summed E-state index contributed by atoms with van der Waals surface area (Å²) in [4.78, 5) is 18.0. The van der Waals surface area contributed by atoms with Gasteiger partial charge >= 0.3 is 0 Å². The van der Waals surface area contributed by atoms with Crippen LogP contribution in [0.2, 0.25) is 0 Å². The van der Waals surface area contributed by atoms with Gasteiger partial charge in [0.05, 0.1) is 17.1 Å². The van der Waals surface area contributed by atoms with Gasteiger partial charge in [0.2, 0.25) is 5.91 Å². The molecule has 4 nitrogen and oxygen atoms in total. The first kappa shape index (κ1) is 18.9. The molecular weight excluding hydrogens is 386 g/mol. The fourth-order valence-corrected chi connectivity index (χ4v) is 4.50. The Labute approximate surface area is 173 Å². The summed E-state index contributed by atoms with van der Waals surface area (Å²) in [6.45, 7) is 2.73. The van der Waals surface area contributed by atoms with Crippen LogP contribution in [0.5, 0.6) is 0 Å². The molecule has 6 heteroatoms. The Morgan fingerprint density at radius 3 is 2.64 bits per heavy atom. The van der Waals surface area contributed by atoms with Crippen LogP contribution in [-0.4, -0.2) is 29.1 Å². The fraction of sp³-hybridized carbons (Fsp3) is 0.182. The molecule has 142 valence electrons. The third kappa shape index (κ3) is 4.51. The number of amidine groups is 1. The molecule has 0 unspecified atom stereocenters. The van der Waals surface area contributed by atoms with E-state index in [0.29, 0.717) is 12.3 Å². The third-order valence-electron chi connectivity index (χ3n) is 4.40. The number of aryl methyl sites for hydroxylation is 1. The first-order chi connectivity index (χ1) is 13.7. The van der Waals surface area contributed by atoms with Crippen molar-refractivity contribution < 1.29 is 4.79 Å². The van der Waals surface area contributed by atoms with E-state index in [0.717, 1.165) is 27.7 Å². The summed E-state index contributed by atoms with van der Waals surface area (Å²) in [5, 5.41) is 9.37. The zero-order valence-electron chi connectivity index (χ0n) is 15.6. The Bertz CT molecular complexity index is 1030. The van der Waals surface area contributed by atoms with Gasteiger partial charge in [-0.1, -0.05) is 53.7 Å². The molecule has 2 N–H and O–H groups in total. The van der Waals surface area contributed by atoms with Crippen molar-refractivity contribution in [1.82, 2.24) is 5.32 Å². The molecule has 3 aromatic carbocycles. The molecule has 0 aromatic heterocycles. The van der Waals surface area contributed by atoms with Crippen LogP contribution in [0.1, 0.15) is 5.56 Å². The van der Waals surface area contributed by atoms with Gasteiger partial charge in [-0.05, 0) is 36.6 Å². The van der Waals surface area contributed by atoms with Crippen molar-refractivity contribution in [3.63, 3.8) is 0 Å². The van der Waals surface area contributed by atoms with Crippen LogP contribution in [0.4, 0.5) is 11.4 Å². The number of amides is 1. The number of hydrogen-bond acceptors (Lipinski definition) is 5. The summed E-state index contributed by atoms with van der Waals surface area (Å²) in [6.07, 6.45) is 0. The van der Waals surface area contributed by atoms with Gasteiger partial charge in [0, 0.05) is 22.6 Å². The number of nitrogens with zero attached hydrogens (tertiary/aromatic N) is 1. The Hall–Kier alpha value is -2.44. The van der Waals surface area contributed by atoms with Crippen LogP contribution in [-0.2, 0) is 4.79 Å². The quantitative estimate of drug-likeness (QED) is 0.435. The highest BCUT2D eigenvalue weighted by molar-refractivity contribution is 8.14. The Kier molecular flexibility index (Phi) is 5.88. The number of nitrogens with one attached hydrogen (secondary N) is 2. The smallest absolute Gasteiger partial charge is 0.230 e. The van der Waals surface area contributed by atoms with Gasteiger partial charge in [0.1, 0.15) is 0 Å². The van der Waals surface area contributed by atoms with Crippen LogP contribution < -0.4 is 10.6 Å². The minimum atomic E-state index is 0.0241. The summed E-state index contributed by atoms with van der Waals surface area (Å²) < 4.78 is 0. The molecule has 1 aliphatic rings. The number of aliphatic imine (C=N–C) groups is 1. The van der Waals surface area contributed by atoms with E-state index in [1.165, 1.54) is 27.6 Å². The molecule has 1 aliphatic heterocycles. The minimum absolute atomic E-state index is 0.0241. The number of carbonyl (C=O) groups excluding carboxylic acids is 1. The standard InChI is InChI=1S/C22H21N3OS2/c1-15-8-10-17(11-9-15)27-13-12-23-20(26)14-28-22-24-18-6-2-4-16-5-3-7-19(25-22)21(16)18/h2-11H,12-14H2,1H3,(H,23,26)(H,24,25). The normalized spacial score (nSPS) is 12.4. The minimum Gasteiger partial charge on any atom is -0.355 e. The largest absolute Gasteiger partial charge is 0.355 e. The maximum Gasteiger partial charge on any atom is 0.230 e. The second-order valence-corrected chi connectivity index (χ2v) is 8.66. The van der Waals surface area contributed by atoms with Crippen molar-refractivity contribution in [2.75, 3.05) is 23.4 Å². The molecule has 0 saturated carbocycles. The van der Waals surface area contributed by atoms with Gasteiger partial charge in [-0.15, -0.1) is 11.8 Å². The lowest BCUT2D eigenvalue weighted by Gasteiger charge is -2.18. The molecule has 0 aliphatic carbocycles. The molecule has 1 heterocycles. The van der Waals surface area contributed by atoms with Crippen LogP contribution in [0.25, 0.3) is 10.8 Å². The summed E-state index contributed by atoms with van der Waals surface area (Å²) in [5.74, 6) is 1.23. The zero-order chi connectivity index (χ0) is 19.3. The summed E-state index contributed by atoms with van der Waals surface area (Å²) >= 11 is 3.18. The van der Waals surface area contributed by atoms with E-state index in [1.807, 2.05) is 24.3 Å². The first-order valence-corrected chi connectivity index (χ1v) is 11.1. The van der Waals surface area contributed by atoms with Gasteiger partial charge in [-0.25, -0.2) is 4.99 Å².